The molecule has 1 amide bonds. The van der Waals surface area contributed by atoms with E-state index >= 15 is 0 Å². The van der Waals surface area contributed by atoms with Gasteiger partial charge in [0.1, 0.15) is 22.9 Å². The number of methoxy groups -OCH3 is 2. The molecule has 220 valence electrons. The Bertz CT molecular complexity index is 1840. The summed E-state index contributed by atoms with van der Waals surface area (Å²) in [6.45, 7) is 1.32. The van der Waals surface area contributed by atoms with Crippen LogP contribution in [-0.2, 0) is 4.79 Å². The number of aromatic nitrogens is 4. The lowest BCUT2D eigenvalue weighted by Crippen LogP contribution is -2.57. The lowest BCUT2D eigenvalue weighted by molar-refractivity contribution is -0.127. The number of Topliss-reactive ketones (excluding diaryl/α,β-unsaturated/α-hetero) is 1. The van der Waals surface area contributed by atoms with Crippen molar-refractivity contribution in [3.8, 4) is 22.9 Å². The van der Waals surface area contributed by atoms with E-state index in [0.29, 0.717) is 58.5 Å². The number of guanidine groups is 1. The zero-order valence-corrected chi connectivity index (χ0v) is 23.6. The highest BCUT2D eigenvalue weighted by atomic mass is 16.5. The fraction of sp³-hybridized carbons (Fsp3) is 0.207. The second kappa shape index (κ2) is 11.3. The van der Waals surface area contributed by atoms with Crippen LogP contribution < -0.4 is 26.2 Å². The highest BCUT2D eigenvalue weighted by Gasteiger charge is 2.32. The summed E-state index contributed by atoms with van der Waals surface area (Å²) in [5, 5.41) is 6.55. The number of rotatable bonds is 6. The van der Waals surface area contributed by atoms with E-state index in [-0.39, 0.29) is 18.7 Å². The molecule has 1 aromatic carbocycles. The van der Waals surface area contributed by atoms with Gasteiger partial charge in [0.2, 0.25) is 5.96 Å². The van der Waals surface area contributed by atoms with Crippen LogP contribution in [0.1, 0.15) is 10.4 Å². The van der Waals surface area contributed by atoms with Crippen molar-refractivity contribution in [1.29, 1.82) is 0 Å². The Hall–Kier alpha value is -5.63. The minimum Gasteiger partial charge on any atom is -0.494 e. The van der Waals surface area contributed by atoms with E-state index in [2.05, 4.69) is 25.0 Å². The number of aromatic amines is 2. The monoisotopic (exact) mass is 582 g/mol. The first-order chi connectivity index (χ1) is 21.0. The van der Waals surface area contributed by atoms with Gasteiger partial charge in [-0.1, -0.05) is 18.2 Å². The summed E-state index contributed by atoms with van der Waals surface area (Å²) in [6.07, 6.45) is 6.43. The molecule has 1 aliphatic rings. The summed E-state index contributed by atoms with van der Waals surface area (Å²) < 4.78 is 11.0. The van der Waals surface area contributed by atoms with Crippen molar-refractivity contribution in [2.75, 3.05) is 45.4 Å². The molecule has 0 radical (unpaired) electrons. The van der Waals surface area contributed by atoms with Gasteiger partial charge < -0.3 is 35.1 Å². The molecule has 4 aromatic heterocycles. The zero-order valence-electron chi connectivity index (χ0n) is 23.6. The largest absolute Gasteiger partial charge is 0.494 e. The average Bonchev–Trinajstić information content (AvgIpc) is 3.73. The number of para-hydroxylation sites is 1. The molecule has 1 saturated heterocycles. The average molecular weight is 583 g/mol. The topological polar surface area (TPSA) is 184 Å². The van der Waals surface area contributed by atoms with Gasteiger partial charge in [-0.05, 0) is 18.2 Å². The van der Waals surface area contributed by atoms with Crippen LogP contribution in [0.3, 0.4) is 0 Å². The molecule has 5 heterocycles. The third-order valence-corrected chi connectivity index (χ3v) is 7.55. The molecule has 43 heavy (non-hydrogen) atoms. The number of benzene rings is 1. The third kappa shape index (κ3) is 4.72. The standard InChI is InChI=1S/C29H30N10O4/c1-42-20-15-34-25(23-18(20)8-9-32-23)26-24-22(21(43-2)16-35-26)19(14-33-24)27(40)28(41)37-10-12-38(13-11-37)29(36-30)39(31)17-6-4-3-5-7-17/h3-9,14-16,32-33H,10-13,30-31H2,1-2H3/b36-29-. The molecule has 1 aliphatic heterocycles. The fourth-order valence-electron chi connectivity index (χ4n) is 5.37. The van der Waals surface area contributed by atoms with Crippen molar-refractivity contribution >= 4 is 45.1 Å². The van der Waals surface area contributed by atoms with E-state index in [1.165, 1.54) is 29.4 Å². The lowest BCUT2D eigenvalue weighted by atomic mass is 10.1. The fourth-order valence-corrected chi connectivity index (χ4v) is 5.37. The number of amides is 1. The molecule has 1 fully saturated rings. The molecule has 6 rings (SSSR count). The molecule has 6 N–H and O–H groups in total. The molecule has 0 saturated carbocycles. The van der Waals surface area contributed by atoms with Crippen LogP contribution >= 0.6 is 0 Å². The summed E-state index contributed by atoms with van der Waals surface area (Å²) >= 11 is 0. The normalized spacial score (nSPS) is 13.9. The Morgan fingerprint density at radius 2 is 1.56 bits per heavy atom. The SMILES string of the molecule is COc1cnc(-c2ncc(OC)c3c(C(=O)C(=O)N4CCN(/C(=N/N)N(N)c5ccccc5)CC4)c[nH]c23)c2[nH]ccc12. The van der Waals surface area contributed by atoms with Crippen molar-refractivity contribution in [1.82, 2.24) is 29.7 Å². The maximum Gasteiger partial charge on any atom is 0.295 e. The van der Waals surface area contributed by atoms with Crippen molar-refractivity contribution in [3.63, 3.8) is 0 Å². The third-order valence-electron chi connectivity index (χ3n) is 7.55. The van der Waals surface area contributed by atoms with Gasteiger partial charge in [0.25, 0.3) is 11.7 Å². The molecule has 0 aliphatic carbocycles. The molecule has 0 spiro atoms. The van der Waals surface area contributed by atoms with E-state index < -0.39 is 11.7 Å². The summed E-state index contributed by atoms with van der Waals surface area (Å²) in [6, 6.07) is 11.2. The predicted octanol–water partition coefficient (Wildman–Crippen LogP) is 2.06. The first-order valence-corrected chi connectivity index (χ1v) is 13.5. The van der Waals surface area contributed by atoms with Gasteiger partial charge in [-0.3, -0.25) is 9.59 Å². The van der Waals surface area contributed by atoms with Crippen LogP contribution in [-0.4, -0.2) is 87.8 Å². The maximum absolute atomic E-state index is 13.6. The second-order valence-electron chi connectivity index (χ2n) is 9.81. The molecule has 0 atom stereocenters. The van der Waals surface area contributed by atoms with Gasteiger partial charge in [0, 0.05) is 44.0 Å². The van der Waals surface area contributed by atoms with Crippen LogP contribution in [0, 0.1) is 0 Å². The molecular weight excluding hydrogens is 552 g/mol. The molecule has 0 unspecified atom stereocenters. The Balaban J connectivity index is 1.25. The number of ketones is 1. The van der Waals surface area contributed by atoms with Gasteiger partial charge in [0.15, 0.2) is 0 Å². The first-order valence-electron chi connectivity index (χ1n) is 13.5. The number of anilines is 1. The van der Waals surface area contributed by atoms with Crippen molar-refractivity contribution in [3.05, 3.63) is 66.7 Å². The van der Waals surface area contributed by atoms with Gasteiger partial charge in [-0.2, -0.15) is 0 Å². The zero-order chi connectivity index (χ0) is 30.1. The van der Waals surface area contributed by atoms with Crippen LogP contribution in [0.4, 0.5) is 5.69 Å². The smallest absolute Gasteiger partial charge is 0.295 e. The van der Waals surface area contributed by atoms with Crippen LogP contribution in [0.25, 0.3) is 33.2 Å². The first kappa shape index (κ1) is 27.5. The molecule has 14 heteroatoms. The van der Waals surface area contributed by atoms with E-state index in [4.69, 9.17) is 21.2 Å². The minimum atomic E-state index is -0.666. The molecule has 14 nitrogen and oxygen atoms in total. The molecular formula is C29H30N10O4. The number of nitrogens with zero attached hydrogens (tertiary/aromatic N) is 6. The number of piperazine rings is 1. The summed E-state index contributed by atoms with van der Waals surface area (Å²) in [7, 11) is 3.06. The number of hydrazine groups is 1. The Morgan fingerprint density at radius 3 is 2.23 bits per heavy atom. The predicted molar refractivity (Wildman–Crippen MR) is 161 cm³/mol. The number of fused-ring (bicyclic) bond motifs is 2. The van der Waals surface area contributed by atoms with E-state index in [9.17, 15) is 9.59 Å². The number of carbonyl (C=O) groups is 2. The summed E-state index contributed by atoms with van der Waals surface area (Å²) in [5.74, 6) is 12.0. The van der Waals surface area contributed by atoms with Crippen molar-refractivity contribution < 1.29 is 19.1 Å². The highest BCUT2D eigenvalue weighted by molar-refractivity contribution is 6.45. The minimum absolute atomic E-state index is 0.181. The molecule has 5 aromatic rings. The lowest BCUT2D eigenvalue weighted by Gasteiger charge is -2.38. The Labute approximate surface area is 245 Å². The number of hydrogen-bond donors (Lipinski definition) is 4. The maximum atomic E-state index is 13.6. The summed E-state index contributed by atoms with van der Waals surface area (Å²) in [5.41, 5.74) is 3.17. The molecule has 0 bridgehead atoms. The van der Waals surface area contributed by atoms with E-state index in [0.717, 1.165) is 10.9 Å². The van der Waals surface area contributed by atoms with Crippen molar-refractivity contribution in [2.24, 2.45) is 16.8 Å². The number of hydrogen-bond acceptors (Lipinski definition) is 9. The van der Waals surface area contributed by atoms with Gasteiger partial charge in [0.05, 0.1) is 54.3 Å². The van der Waals surface area contributed by atoms with Crippen molar-refractivity contribution in [2.45, 2.75) is 0 Å². The van der Waals surface area contributed by atoms with Crippen LogP contribution in [0.5, 0.6) is 11.5 Å². The van der Waals surface area contributed by atoms with E-state index in [1.54, 1.807) is 19.5 Å². The Kier molecular flexibility index (Phi) is 7.26. The second-order valence-corrected chi connectivity index (χ2v) is 9.81. The highest BCUT2D eigenvalue weighted by Crippen LogP contribution is 2.37. The van der Waals surface area contributed by atoms with Crippen LogP contribution in [0.15, 0.2) is 66.3 Å². The number of pyridine rings is 2. The Morgan fingerprint density at radius 1 is 0.907 bits per heavy atom. The number of ether oxygens (including phenoxy) is 2. The van der Waals surface area contributed by atoms with Gasteiger partial charge in [-0.15, -0.1) is 5.10 Å². The van der Waals surface area contributed by atoms with Gasteiger partial charge >= 0.3 is 0 Å². The van der Waals surface area contributed by atoms with Crippen LogP contribution in [0.2, 0.25) is 0 Å². The number of carbonyl (C=O) groups excluding carboxylic acids is 2. The number of H-pyrrole nitrogens is 2. The summed E-state index contributed by atoms with van der Waals surface area (Å²) in [4.78, 5) is 46.0. The number of hydrazone groups is 1. The number of nitrogens with one attached hydrogen (secondary N) is 2. The quantitative estimate of drug-likeness (QED) is 0.0577. The van der Waals surface area contributed by atoms with Gasteiger partial charge in [-0.25, -0.2) is 20.8 Å². The number of nitrogens with two attached hydrogens (primary N) is 2. The van der Waals surface area contributed by atoms with E-state index in [1.807, 2.05) is 41.3 Å².